The van der Waals surface area contributed by atoms with Gasteiger partial charge in [0.1, 0.15) is 0 Å². The fourth-order valence-corrected chi connectivity index (χ4v) is 4.19. The fourth-order valence-electron chi connectivity index (χ4n) is 3.00. The molecule has 8 heteroatoms. The molecule has 0 aliphatic carbocycles. The molecular formula is C20H16Cl2N4OS. The van der Waals surface area contributed by atoms with Gasteiger partial charge in [-0.2, -0.15) is 0 Å². The number of hydrogen-bond acceptors (Lipinski definition) is 4. The summed E-state index contributed by atoms with van der Waals surface area (Å²) < 4.78 is 2.03. The number of hydrogen-bond donors (Lipinski definition) is 1. The standard InChI is InChI=1S/C20H16Cl2N4OS/c1-12-10-18-24-25-20(26(18)17-5-3-2-4-14(12)17)28-9-8-19(27)23-13-6-7-15(21)16(22)11-13/h2-7,10-11H,8-9H2,1H3,(H,23,27). The van der Waals surface area contributed by atoms with Gasteiger partial charge in [0.25, 0.3) is 0 Å². The second kappa shape index (κ2) is 7.99. The fraction of sp³-hybridized carbons (Fsp3) is 0.150. The molecule has 0 radical (unpaired) electrons. The number of halogens is 2. The predicted molar refractivity (Wildman–Crippen MR) is 116 cm³/mol. The Kier molecular flexibility index (Phi) is 5.44. The number of aromatic nitrogens is 3. The lowest BCUT2D eigenvalue weighted by Crippen LogP contribution is -2.12. The lowest BCUT2D eigenvalue weighted by molar-refractivity contribution is -0.115. The van der Waals surface area contributed by atoms with Crippen LogP contribution in [0.2, 0.25) is 10.0 Å². The number of para-hydroxylation sites is 1. The maximum absolute atomic E-state index is 12.2. The number of benzene rings is 2. The van der Waals surface area contributed by atoms with Gasteiger partial charge in [0.2, 0.25) is 5.91 Å². The monoisotopic (exact) mass is 430 g/mol. The number of thioether (sulfide) groups is 1. The summed E-state index contributed by atoms with van der Waals surface area (Å²) in [4.78, 5) is 12.2. The molecule has 0 unspecified atom stereocenters. The van der Waals surface area contributed by atoms with Gasteiger partial charge in [0, 0.05) is 23.2 Å². The maximum atomic E-state index is 12.2. The molecule has 0 aliphatic rings. The van der Waals surface area contributed by atoms with Gasteiger partial charge in [-0.3, -0.25) is 9.20 Å². The molecule has 0 bridgehead atoms. The minimum absolute atomic E-state index is 0.0968. The number of amides is 1. The molecule has 0 saturated carbocycles. The summed E-state index contributed by atoms with van der Waals surface area (Å²) in [6.07, 6.45) is 0.337. The van der Waals surface area contributed by atoms with E-state index in [0.717, 1.165) is 27.3 Å². The molecule has 4 aromatic rings. The summed E-state index contributed by atoms with van der Waals surface area (Å²) in [5.41, 5.74) is 3.65. The number of anilines is 1. The Balaban J connectivity index is 1.46. The summed E-state index contributed by atoms with van der Waals surface area (Å²) >= 11 is 13.4. The third-order valence-electron chi connectivity index (χ3n) is 4.34. The van der Waals surface area contributed by atoms with Crippen LogP contribution in [0.25, 0.3) is 16.6 Å². The van der Waals surface area contributed by atoms with Crippen molar-refractivity contribution in [3.63, 3.8) is 0 Å². The molecule has 0 saturated heterocycles. The van der Waals surface area contributed by atoms with Crippen molar-refractivity contribution in [2.45, 2.75) is 18.5 Å². The highest BCUT2D eigenvalue weighted by molar-refractivity contribution is 7.99. The van der Waals surface area contributed by atoms with Crippen LogP contribution in [-0.4, -0.2) is 26.3 Å². The largest absolute Gasteiger partial charge is 0.326 e. The van der Waals surface area contributed by atoms with Crippen LogP contribution in [0.15, 0.2) is 53.7 Å². The average Bonchev–Trinajstić information content (AvgIpc) is 3.08. The zero-order valence-corrected chi connectivity index (χ0v) is 17.3. The van der Waals surface area contributed by atoms with Crippen molar-refractivity contribution in [2.75, 3.05) is 11.1 Å². The van der Waals surface area contributed by atoms with Gasteiger partial charge in [-0.1, -0.05) is 53.2 Å². The predicted octanol–water partition coefficient (Wildman–Crippen LogP) is 5.62. The molecule has 142 valence electrons. The van der Waals surface area contributed by atoms with Gasteiger partial charge in [-0.25, -0.2) is 0 Å². The van der Waals surface area contributed by atoms with Crippen LogP contribution in [0.4, 0.5) is 5.69 Å². The molecule has 2 aromatic carbocycles. The van der Waals surface area contributed by atoms with Crippen LogP contribution in [0.3, 0.4) is 0 Å². The van der Waals surface area contributed by atoms with E-state index < -0.39 is 0 Å². The van der Waals surface area contributed by atoms with Crippen molar-refractivity contribution >= 4 is 63.1 Å². The first-order valence-corrected chi connectivity index (χ1v) is 10.4. The van der Waals surface area contributed by atoms with Crippen molar-refractivity contribution in [2.24, 2.45) is 0 Å². The minimum Gasteiger partial charge on any atom is -0.326 e. The van der Waals surface area contributed by atoms with E-state index >= 15 is 0 Å². The van der Waals surface area contributed by atoms with Crippen LogP contribution in [0.1, 0.15) is 12.0 Å². The molecule has 28 heavy (non-hydrogen) atoms. The number of rotatable bonds is 5. The second-order valence-corrected chi connectivity index (χ2v) is 8.17. The summed E-state index contributed by atoms with van der Waals surface area (Å²) in [5, 5.41) is 14.2. The third kappa shape index (κ3) is 3.81. The Bertz CT molecular complexity index is 1190. The van der Waals surface area contributed by atoms with Crippen molar-refractivity contribution < 1.29 is 4.79 Å². The molecule has 0 spiro atoms. The lowest BCUT2D eigenvalue weighted by Gasteiger charge is -2.08. The molecule has 1 amide bonds. The van der Waals surface area contributed by atoms with Gasteiger partial charge in [0.05, 0.1) is 15.6 Å². The second-order valence-electron chi connectivity index (χ2n) is 6.30. The molecule has 2 heterocycles. The quantitative estimate of drug-likeness (QED) is 0.417. The summed E-state index contributed by atoms with van der Waals surface area (Å²) in [5.74, 6) is 0.483. The van der Waals surface area contributed by atoms with Crippen LogP contribution < -0.4 is 5.32 Å². The van der Waals surface area contributed by atoms with Gasteiger partial charge in [-0.15, -0.1) is 10.2 Å². The minimum atomic E-state index is -0.0968. The van der Waals surface area contributed by atoms with Crippen LogP contribution in [0.5, 0.6) is 0 Å². The Labute approximate surface area is 176 Å². The first-order chi connectivity index (χ1) is 13.5. The number of fused-ring (bicyclic) bond motifs is 3. The highest BCUT2D eigenvalue weighted by atomic mass is 35.5. The smallest absolute Gasteiger partial charge is 0.225 e. The van der Waals surface area contributed by atoms with E-state index in [2.05, 4.69) is 34.6 Å². The van der Waals surface area contributed by atoms with Gasteiger partial charge < -0.3 is 5.32 Å². The number of nitrogens with zero attached hydrogens (tertiary/aromatic N) is 3. The van der Waals surface area contributed by atoms with Crippen molar-refractivity contribution in [1.82, 2.24) is 14.6 Å². The third-order valence-corrected chi connectivity index (χ3v) is 6.01. The zero-order valence-electron chi connectivity index (χ0n) is 14.9. The number of carbonyl (C=O) groups is 1. The first-order valence-electron chi connectivity index (χ1n) is 8.64. The average molecular weight is 431 g/mol. The molecule has 5 nitrogen and oxygen atoms in total. The Hall–Kier alpha value is -2.28. The van der Waals surface area contributed by atoms with Crippen LogP contribution in [0, 0.1) is 6.92 Å². The number of carbonyl (C=O) groups excluding carboxylic acids is 1. The SMILES string of the molecule is Cc1cc2nnc(SCCC(=O)Nc3ccc(Cl)c(Cl)c3)n2c2ccccc12. The molecule has 4 rings (SSSR count). The normalized spacial score (nSPS) is 11.2. The van der Waals surface area contributed by atoms with E-state index in [1.807, 2.05) is 22.6 Å². The summed E-state index contributed by atoms with van der Waals surface area (Å²) in [6, 6.07) is 15.2. The molecule has 1 N–H and O–H groups in total. The Morgan fingerprint density at radius 1 is 1.11 bits per heavy atom. The van der Waals surface area contributed by atoms with Crippen LogP contribution in [-0.2, 0) is 4.79 Å². The van der Waals surface area contributed by atoms with E-state index in [1.165, 1.54) is 11.8 Å². The molecule has 2 aromatic heterocycles. The van der Waals surface area contributed by atoms with Gasteiger partial charge >= 0.3 is 0 Å². The number of pyridine rings is 1. The van der Waals surface area contributed by atoms with E-state index in [9.17, 15) is 4.79 Å². The Morgan fingerprint density at radius 3 is 2.75 bits per heavy atom. The van der Waals surface area contributed by atoms with E-state index in [0.29, 0.717) is 27.9 Å². The topological polar surface area (TPSA) is 59.3 Å². The van der Waals surface area contributed by atoms with E-state index in [-0.39, 0.29) is 5.91 Å². The highest BCUT2D eigenvalue weighted by Gasteiger charge is 2.12. The van der Waals surface area contributed by atoms with Gasteiger partial charge in [0.15, 0.2) is 10.8 Å². The van der Waals surface area contributed by atoms with Crippen LogP contribution >= 0.6 is 35.0 Å². The molecule has 0 aliphatic heterocycles. The Morgan fingerprint density at radius 2 is 1.93 bits per heavy atom. The van der Waals surface area contributed by atoms with E-state index in [4.69, 9.17) is 23.2 Å². The van der Waals surface area contributed by atoms with Crippen molar-refractivity contribution in [3.8, 4) is 0 Å². The maximum Gasteiger partial charge on any atom is 0.225 e. The summed E-state index contributed by atoms with van der Waals surface area (Å²) in [6.45, 7) is 2.07. The number of nitrogens with one attached hydrogen (secondary N) is 1. The zero-order chi connectivity index (χ0) is 19.7. The first kappa shape index (κ1) is 19.1. The highest BCUT2D eigenvalue weighted by Crippen LogP contribution is 2.27. The molecule has 0 fully saturated rings. The lowest BCUT2D eigenvalue weighted by atomic mass is 10.1. The molecule has 0 atom stereocenters. The van der Waals surface area contributed by atoms with Gasteiger partial charge in [-0.05, 0) is 42.8 Å². The summed E-state index contributed by atoms with van der Waals surface area (Å²) in [7, 11) is 0. The van der Waals surface area contributed by atoms with E-state index in [1.54, 1.807) is 18.2 Å². The van der Waals surface area contributed by atoms with Crippen molar-refractivity contribution in [1.29, 1.82) is 0 Å². The number of aryl methyl sites for hydroxylation is 1. The molecular weight excluding hydrogens is 415 g/mol. The van der Waals surface area contributed by atoms with Crippen molar-refractivity contribution in [3.05, 3.63) is 64.1 Å².